The van der Waals surface area contributed by atoms with Gasteiger partial charge in [-0.1, -0.05) is 6.07 Å². The average molecular weight is 267 g/mol. The molecular formula is C14H22FN3O. The Morgan fingerprint density at radius 1 is 1.47 bits per heavy atom. The number of pyridine rings is 1. The predicted molar refractivity (Wildman–Crippen MR) is 73.9 cm³/mol. The lowest BCUT2D eigenvalue weighted by Gasteiger charge is -2.42. The number of nitrogens with zero attached hydrogens (tertiary/aromatic N) is 3. The van der Waals surface area contributed by atoms with Gasteiger partial charge in [-0.2, -0.15) is 4.39 Å². The first kappa shape index (κ1) is 14.2. The molecule has 2 atom stereocenters. The summed E-state index contributed by atoms with van der Waals surface area (Å²) < 4.78 is 18.4. The zero-order valence-electron chi connectivity index (χ0n) is 11.8. The summed E-state index contributed by atoms with van der Waals surface area (Å²) in [6.07, 6.45) is 0. The highest BCUT2D eigenvalue weighted by Gasteiger charge is 2.27. The fourth-order valence-electron chi connectivity index (χ4n) is 2.63. The maximum Gasteiger partial charge on any atom is 0.214 e. The molecule has 0 radical (unpaired) electrons. The van der Waals surface area contributed by atoms with Gasteiger partial charge in [0.25, 0.3) is 0 Å². The quantitative estimate of drug-likeness (QED) is 0.777. The van der Waals surface area contributed by atoms with Crippen LogP contribution >= 0.6 is 0 Å². The van der Waals surface area contributed by atoms with E-state index >= 15 is 0 Å². The minimum Gasteiger partial charge on any atom is -0.383 e. The molecule has 1 aromatic heterocycles. The van der Waals surface area contributed by atoms with Crippen molar-refractivity contribution in [2.24, 2.45) is 0 Å². The molecule has 1 aliphatic heterocycles. The Morgan fingerprint density at radius 2 is 2.26 bits per heavy atom. The molecule has 0 bridgehead atoms. The van der Waals surface area contributed by atoms with Gasteiger partial charge < -0.3 is 9.64 Å². The monoisotopic (exact) mass is 267 g/mol. The van der Waals surface area contributed by atoms with Crippen LogP contribution in [0.5, 0.6) is 0 Å². The average Bonchev–Trinajstić information content (AvgIpc) is 2.38. The molecule has 2 rings (SSSR count). The summed E-state index contributed by atoms with van der Waals surface area (Å²) in [5.41, 5.74) is 0. The first-order valence-electron chi connectivity index (χ1n) is 6.74. The van der Waals surface area contributed by atoms with E-state index in [2.05, 4.69) is 28.6 Å². The van der Waals surface area contributed by atoms with Gasteiger partial charge in [-0.25, -0.2) is 4.98 Å². The summed E-state index contributed by atoms with van der Waals surface area (Å²) in [5, 5.41) is 0. The second kappa shape index (κ2) is 6.30. The number of aromatic nitrogens is 1. The number of rotatable bonds is 4. The van der Waals surface area contributed by atoms with Crippen LogP contribution in [0.15, 0.2) is 18.2 Å². The van der Waals surface area contributed by atoms with Crippen LogP contribution in [0.25, 0.3) is 0 Å². The van der Waals surface area contributed by atoms with E-state index in [0.29, 0.717) is 12.1 Å². The second-order valence-electron chi connectivity index (χ2n) is 5.16. The fraction of sp³-hybridized carbons (Fsp3) is 0.643. The molecule has 106 valence electrons. The molecule has 0 spiro atoms. The highest BCUT2D eigenvalue weighted by molar-refractivity contribution is 5.40. The number of ether oxygens (including phenoxy) is 1. The summed E-state index contributed by atoms with van der Waals surface area (Å²) in [7, 11) is 1.73. The van der Waals surface area contributed by atoms with Gasteiger partial charge in [0.15, 0.2) is 0 Å². The molecule has 1 fully saturated rings. The number of piperazine rings is 1. The number of anilines is 1. The smallest absolute Gasteiger partial charge is 0.214 e. The van der Waals surface area contributed by atoms with Gasteiger partial charge in [0, 0.05) is 38.8 Å². The lowest BCUT2D eigenvalue weighted by Crippen LogP contribution is -2.55. The molecule has 5 heteroatoms. The molecule has 0 aromatic carbocycles. The lowest BCUT2D eigenvalue weighted by atomic mass is 10.1. The SMILES string of the molecule is COCC(C)N1CCN(c2cccc(F)n2)C(C)C1. The van der Waals surface area contributed by atoms with E-state index < -0.39 is 5.95 Å². The Labute approximate surface area is 114 Å². The van der Waals surface area contributed by atoms with Crippen LogP contribution in [0.2, 0.25) is 0 Å². The van der Waals surface area contributed by atoms with Gasteiger partial charge in [0.1, 0.15) is 5.82 Å². The highest BCUT2D eigenvalue weighted by Crippen LogP contribution is 2.19. The summed E-state index contributed by atoms with van der Waals surface area (Å²) in [6, 6.07) is 5.70. The molecule has 0 saturated carbocycles. The third kappa shape index (κ3) is 3.42. The second-order valence-corrected chi connectivity index (χ2v) is 5.16. The van der Waals surface area contributed by atoms with Crippen molar-refractivity contribution in [1.82, 2.24) is 9.88 Å². The molecule has 2 heterocycles. The number of hydrogen-bond donors (Lipinski definition) is 0. The van der Waals surface area contributed by atoms with Crippen LogP contribution < -0.4 is 4.90 Å². The topological polar surface area (TPSA) is 28.6 Å². The van der Waals surface area contributed by atoms with Crippen LogP contribution in [0.3, 0.4) is 0 Å². The van der Waals surface area contributed by atoms with Gasteiger partial charge in [-0.3, -0.25) is 4.90 Å². The van der Waals surface area contributed by atoms with E-state index in [1.54, 1.807) is 13.2 Å². The number of halogens is 1. The first-order valence-corrected chi connectivity index (χ1v) is 6.74. The van der Waals surface area contributed by atoms with Gasteiger partial charge >= 0.3 is 0 Å². The maximum atomic E-state index is 13.2. The third-order valence-electron chi connectivity index (χ3n) is 3.68. The summed E-state index contributed by atoms with van der Waals surface area (Å²) in [5.74, 6) is 0.312. The fourth-order valence-corrected chi connectivity index (χ4v) is 2.63. The Morgan fingerprint density at radius 3 is 2.89 bits per heavy atom. The Kier molecular flexibility index (Phi) is 4.71. The molecule has 0 aliphatic carbocycles. The molecule has 1 saturated heterocycles. The zero-order valence-corrected chi connectivity index (χ0v) is 11.8. The minimum absolute atomic E-state index is 0.322. The van der Waals surface area contributed by atoms with Crippen molar-refractivity contribution in [2.45, 2.75) is 25.9 Å². The normalized spacial score (nSPS) is 22.5. The van der Waals surface area contributed by atoms with Crippen LogP contribution in [-0.2, 0) is 4.74 Å². The van der Waals surface area contributed by atoms with Crippen LogP contribution in [0.4, 0.5) is 10.2 Å². The van der Waals surface area contributed by atoms with Crippen molar-refractivity contribution in [1.29, 1.82) is 0 Å². The molecule has 4 nitrogen and oxygen atoms in total. The molecule has 2 unspecified atom stereocenters. The van der Waals surface area contributed by atoms with E-state index in [9.17, 15) is 4.39 Å². The largest absolute Gasteiger partial charge is 0.383 e. The van der Waals surface area contributed by atoms with E-state index in [1.807, 2.05) is 6.07 Å². The molecule has 1 aromatic rings. The first-order chi connectivity index (χ1) is 9.11. The maximum absolute atomic E-state index is 13.2. The summed E-state index contributed by atoms with van der Waals surface area (Å²) in [4.78, 5) is 8.54. The standard InChI is InChI=1S/C14H22FN3O/c1-11-9-17(12(2)10-19-3)7-8-18(11)14-6-4-5-13(15)16-14/h4-6,11-12H,7-10H2,1-3H3. The third-order valence-corrected chi connectivity index (χ3v) is 3.68. The van der Waals surface area contributed by atoms with Gasteiger partial charge in [0.05, 0.1) is 6.61 Å². The summed E-state index contributed by atoms with van der Waals surface area (Å²) in [6.45, 7) is 7.83. The van der Waals surface area contributed by atoms with E-state index in [1.165, 1.54) is 6.07 Å². The zero-order chi connectivity index (χ0) is 13.8. The molecule has 1 aliphatic rings. The van der Waals surface area contributed by atoms with E-state index in [4.69, 9.17) is 4.74 Å². The molecular weight excluding hydrogens is 245 g/mol. The number of methoxy groups -OCH3 is 1. The molecule has 0 N–H and O–H groups in total. The van der Waals surface area contributed by atoms with E-state index in [-0.39, 0.29) is 0 Å². The van der Waals surface area contributed by atoms with Crippen LogP contribution in [0.1, 0.15) is 13.8 Å². The summed E-state index contributed by atoms with van der Waals surface area (Å²) >= 11 is 0. The van der Waals surface area contributed by atoms with Crippen molar-refractivity contribution in [2.75, 3.05) is 38.3 Å². The predicted octanol–water partition coefficient (Wildman–Crippen LogP) is 1.77. The van der Waals surface area contributed by atoms with E-state index in [0.717, 1.165) is 32.1 Å². The van der Waals surface area contributed by atoms with Crippen molar-refractivity contribution < 1.29 is 9.13 Å². The van der Waals surface area contributed by atoms with Crippen LogP contribution in [-0.4, -0.2) is 55.3 Å². The Hall–Kier alpha value is -1.20. The van der Waals surface area contributed by atoms with Gasteiger partial charge in [-0.05, 0) is 26.0 Å². The molecule has 19 heavy (non-hydrogen) atoms. The Bertz CT molecular complexity index is 415. The van der Waals surface area contributed by atoms with Crippen LogP contribution in [0, 0.1) is 5.95 Å². The lowest BCUT2D eigenvalue weighted by molar-refractivity contribution is 0.0871. The van der Waals surface area contributed by atoms with Gasteiger partial charge in [0.2, 0.25) is 5.95 Å². The van der Waals surface area contributed by atoms with Crippen molar-refractivity contribution in [3.63, 3.8) is 0 Å². The Balaban J connectivity index is 2.01. The minimum atomic E-state index is -0.417. The van der Waals surface area contributed by atoms with Crippen molar-refractivity contribution >= 4 is 5.82 Å². The highest BCUT2D eigenvalue weighted by atomic mass is 19.1. The van der Waals surface area contributed by atoms with Crippen molar-refractivity contribution in [3.05, 3.63) is 24.1 Å². The number of hydrogen-bond acceptors (Lipinski definition) is 4. The van der Waals surface area contributed by atoms with Gasteiger partial charge in [-0.15, -0.1) is 0 Å². The molecule has 0 amide bonds. The van der Waals surface area contributed by atoms with Crippen molar-refractivity contribution in [3.8, 4) is 0 Å².